The summed E-state index contributed by atoms with van der Waals surface area (Å²) in [7, 11) is 0. The number of anilines is 1. The molecule has 0 unspecified atom stereocenters. The molecule has 0 aliphatic heterocycles. The minimum atomic E-state index is -0.901. The molecule has 0 aliphatic carbocycles. The van der Waals surface area contributed by atoms with Crippen LogP contribution in [0.2, 0.25) is 0 Å². The lowest BCUT2D eigenvalue weighted by Crippen LogP contribution is -2.17. The topological polar surface area (TPSA) is 46.9 Å². The summed E-state index contributed by atoms with van der Waals surface area (Å²) in [4.78, 5) is 13.2. The van der Waals surface area contributed by atoms with Crippen molar-refractivity contribution < 1.29 is 13.6 Å². The summed E-state index contributed by atoms with van der Waals surface area (Å²) in [6, 6.07) is 8.33. The summed E-state index contributed by atoms with van der Waals surface area (Å²) < 4.78 is 28.1. The lowest BCUT2D eigenvalue weighted by Gasteiger charge is -2.08. The van der Waals surface area contributed by atoms with Crippen LogP contribution in [0.1, 0.15) is 15.2 Å². The summed E-state index contributed by atoms with van der Waals surface area (Å²) in [6.45, 7) is 0.506. The summed E-state index contributed by atoms with van der Waals surface area (Å²) in [5, 5.41) is 8.66. The third-order valence-electron chi connectivity index (χ3n) is 3.02. The second kappa shape index (κ2) is 6.07. The second-order valence-electron chi connectivity index (χ2n) is 4.53. The minimum absolute atomic E-state index is 0.217. The molecule has 0 aliphatic rings. The fourth-order valence-corrected chi connectivity index (χ4v) is 2.66. The van der Waals surface area contributed by atoms with E-state index in [1.165, 1.54) is 0 Å². The maximum Gasteiger partial charge on any atom is 0.259 e. The molecule has 112 valence electrons. The Hall–Kier alpha value is -2.54. The molecule has 1 aromatic carbocycles. The summed E-state index contributed by atoms with van der Waals surface area (Å²) in [5.41, 5.74) is -0.217. The fourth-order valence-electron chi connectivity index (χ4n) is 1.97. The summed E-state index contributed by atoms with van der Waals surface area (Å²) >= 11 is 1.57. The summed E-state index contributed by atoms with van der Waals surface area (Å²) in [5.74, 6) is -1.83. The van der Waals surface area contributed by atoms with Gasteiger partial charge in [0.05, 0.1) is 18.3 Å². The van der Waals surface area contributed by atoms with E-state index in [1.807, 2.05) is 17.5 Å². The number of amides is 1. The van der Waals surface area contributed by atoms with E-state index in [2.05, 4.69) is 10.4 Å². The van der Waals surface area contributed by atoms with Crippen LogP contribution < -0.4 is 5.32 Å². The number of hydrogen-bond donors (Lipinski definition) is 1. The van der Waals surface area contributed by atoms with Crippen molar-refractivity contribution in [2.75, 3.05) is 5.32 Å². The first-order chi connectivity index (χ1) is 10.6. The van der Waals surface area contributed by atoms with E-state index in [4.69, 9.17) is 0 Å². The zero-order valence-corrected chi connectivity index (χ0v) is 12.1. The molecule has 4 nitrogen and oxygen atoms in total. The molecule has 2 aromatic heterocycles. The van der Waals surface area contributed by atoms with Gasteiger partial charge in [-0.3, -0.25) is 4.79 Å². The van der Waals surface area contributed by atoms with Gasteiger partial charge in [0, 0.05) is 17.0 Å². The average molecular weight is 319 g/mol. The molecule has 0 spiro atoms. The smallest absolute Gasteiger partial charge is 0.259 e. The molecule has 2 heterocycles. The van der Waals surface area contributed by atoms with Crippen LogP contribution in [0.15, 0.2) is 48.0 Å². The molecule has 0 radical (unpaired) electrons. The number of nitrogens with one attached hydrogen (secondary N) is 1. The summed E-state index contributed by atoms with van der Waals surface area (Å²) in [6.07, 6.45) is 1.55. The van der Waals surface area contributed by atoms with Crippen molar-refractivity contribution in [2.45, 2.75) is 6.54 Å². The molecule has 7 heteroatoms. The van der Waals surface area contributed by atoms with Crippen LogP contribution in [0.5, 0.6) is 0 Å². The van der Waals surface area contributed by atoms with E-state index in [1.54, 1.807) is 28.3 Å². The lowest BCUT2D eigenvalue weighted by molar-refractivity contribution is 0.102. The highest BCUT2D eigenvalue weighted by molar-refractivity contribution is 7.09. The molecule has 1 N–H and O–H groups in total. The maximum atomic E-state index is 13.6. The quantitative estimate of drug-likeness (QED) is 0.800. The predicted molar refractivity (Wildman–Crippen MR) is 80.0 cm³/mol. The first-order valence-corrected chi connectivity index (χ1v) is 7.32. The van der Waals surface area contributed by atoms with Gasteiger partial charge >= 0.3 is 0 Å². The van der Waals surface area contributed by atoms with Crippen molar-refractivity contribution in [1.82, 2.24) is 9.78 Å². The molecular formula is C15H11F2N3OS. The van der Waals surface area contributed by atoms with Gasteiger partial charge in [-0.05, 0) is 23.6 Å². The van der Waals surface area contributed by atoms with Gasteiger partial charge in [0.15, 0.2) is 0 Å². The monoisotopic (exact) mass is 319 g/mol. The van der Waals surface area contributed by atoms with Gasteiger partial charge in [0.1, 0.15) is 17.5 Å². The number of rotatable bonds is 4. The first kappa shape index (κ1) is 14.4. The van der Waals surface area contributed by atoms with Crippen molar-refractivity contribution >= 4 is 23.1 Å². The van der Waals surface area contributed by atoms with Crippen molar-refractivity contribution in [2.24, 2.45) is 0 Å². The van der Waals surface area contributed by atoms with Crippen molar-refractivity contribution in [3.63, 3.8) is 0 Å². The third kappa shape index (κ3) is 3.04. The Bertz CT molecular complexity index is 799. The maximum absolute atomic E-state index is 13.6. The Morgan fingerprint density at radius 2 is 2.14 bits per heavy atom. The Labute approximate surface area is 129 Å². The van der Waals surface area contributed by atoms with Gasteiger partial charge in [0.25, 0.3) is 5.91 Å². The van der Waals surface area contributed by atoms with E-state index in [-0.39, 0.29) is 5.56 Å². The van der Waals surface area contributed by atoms with Gasteiger partial charge < -0.3 is 5.32 Å². The normalized spacial score (nSPS) is 10.6. The van der Waals surface area contributed by atoms with Crippen LogP contribution in [0.3, 0.4) is 0 Å². The van der Waals surface area contributed by atoms with Crippen molar-refractivity contribution in [1.29, 1.82) is 0 Å². The molecule has 1 amide bonds. The molecule has 22 heavy (non-hydrogen) atoms. The number of benzene rings is 1. The second-order valence-corrected chi connectivity index (χ2v) is 5.56. The van der Waals surface area contributed by atoms with Crippen LogP contribution in [0, 0.1) is 11.6 Å². The largest absolute Gasteiger partial charge is 0.307 e. The van der Waals surface area contributed by atoms with Crippen LogP contribution in [-0.2, 0) is 6.54 Å². The highest BCUT2D eigenvalue weighted by Gasteiger charge is 2.14. The number of halogens is 2. The van der Waals surface area contributed by atoms with Gasteiger partial charge in [-0.25, -0.2) is 13.5 Å². The van der Waals surface area contributed by atoms with Gasteiger partial charge in [-0.15, -0.1) is 11.3 Å². The number of aromatic nitrogens is 2. The van der Waals surface area contributed by atoms with E-state index < -0.39 is 17.5 Å². The fraction of sp³-hybridized carbons (Fsp3) is 0.0667. The number of nitrogens with zero attached hydrogens (tertiary/aromatic N) is 2. The van der Waals surface area contributed by atoms with Crippen LogP contribution >= 0.6 is 11.3 Å². The number of hydrogen-bond acceptors (Lipinski definition) is 3. The van der Waals surface area contributed by atoms with Crippen molar-refractivity contribution in [3.05, 3.63) is 70.1 Å². The third-order valence-corrected chi connectivity index (χ3v) is 3.88. The Morgan fingerprint density at radius 3 is 2.86 bits per heavy atom. The SMILES string of the molecule is O=C(Nc1ccnn1Cc1cccs1)c1ccc(F)cc1F. The first-order valence-electron chi connectivity index (χ1n) is 6.44. The van der Waals surface area contributed by atoms with Gasteiger partial charge in [-0.1, -0.05) is 6.07 Å². The predicted octanol–water partition coefficient (Wildman–Crippen LogP) is 3.52. The van der Waals surface area contributed by atoms with E-state index >= 15 is 0 Å². The Morgan fingerprint density at radius 1 is 1.27 bits per heavy atom. The Balaban J connectivity index is 1.78. The molecule has 3 rings (SSSR count). The molecule has 0 saturated carbocycles. The highest BCUT2D eigenvalue weighted by atomic mass is 32.1. The van der Waals surface area contributed by atoms with E-state index in [9.17, 15) is 13.6 Å². The molecule has 3 aromatic rings. The number of carbonyl (C=O) groups excluding carboxylic acids is 1. The zero-order chi connectivity index (χ0) is 15.5. The Kier molecular flexibility index (Phi) is 3.97. The average Bonchev–Trinajstić information content (AvgIpc) is 3.12. The standard InChI is InChI=1S/C15H11F2N3OS/c16-10-3-4-12(13(17)8-10)15(21)19-14-5-6-18-20(14)9-11-2-1-7-22-11/h1-8H,9H2,(H,19,21). The zero-order valence-electron chi connectivity index (χ0n) is 11.3. The van der Waals surface area contributed by atoms with Crippen LogP contribution in [-0.4, -0.2) is 15.7 Å². The van der Waals surface area contributed by atoms with Crippen LogP contribution in [0.25, 0.3) is 0 Å². The van der Waals surface area contributed by atoms with Gasteiger partial charge in [0.2, 0.25) is 0 Å². The molecule has 0 saturated heterocycles. The van der Waals surface area contributed by atoms with E-state index in [0.29, 0.717) is 18.4 Å². The molecule has 0 bridgehead atoms. The lowest BCUT2D eigenvalue weighted by atomic mass is 10.2. The molecule has 0 fully saturated rings. The molecular weight excluding hydrogens is 308 g/mol. The van der Waals surface area contributed by atoms with Gasteiger partial charge in [-0.2, -0.15) is 5.10 Å². The van der Waals surface area contributed by atoms with E-state index in [0.717, 1.165) is 17.0 Å². The van der Waals surface area contributed by atoms with Crippen molar-refractivity contribution in [3.8, 4) is 0 Å². The minimum Gasteiger partial charge on any atom is -0.307 e. The molecule has 0 atom stereocenters. The highest BCUT2D eigenvalue weighted by Crippen LogP contribution is 2.16. The van der Waals surface area contributed by atoms with Crippen LogP contribution in [0.4, 0.5) is 14.6 Å². The number of carbonyl (C=O) groups is 1. The number of thiophene rings is 1.